The maximum atomic E-state index is 13.4. The number of carbonyl (C=O) groups is 2. The molecular formula is C27H30N4O3. The van der Waals surface area contributed by atoms with Gasteiger partial charge in [0.2, 0.25) is 0 Å². The van der Waals surface area contributed by atoms with Gasteiger partial charge in [-0.1, -0.05) is 36.4 Å². The summed E-state index contributed by atoms with van der Waals surface area (Å²) in [5, 5.41) is 7.43. The van der Waals surface area contributed by atoms with Crippen LogP contribution in [0.3, 0.4) is 0 Å². The monoisotopic (exact) mass is 458 g/mol. The minimum atomic E-state index is -0.0640. The lowest BCUT2D eigenvalue weighted by atomic mass is 9.90. The average molecular weight is 459 g/mol. The molecule has 0 unspecified atom stereocenters. The lowest BCUT2D eigenvalue weighted by molar-refractivity contribution is 0.0671. The maximum absolute atomic E-state index is 13.4. The van der Waals surface area contributed by atoms with Gasteiger partial charge in [-0.15, -0.1) is 0 Å². The molecule has 0 atom stereocenters. The largest absolute Gasteiger partial charge is 0.497 e. The van der Waals surface area contributed by atoms with Crippen molar-refractivity contribution in [2.75, 3.05) is 26.7 Å². The number of H-pyrrole nitrogens is 1. The second kappa shape index (κ2) is 9.71. The molecule has 2 aromatic carbocycles. The summed E-state index contributed by atoms with van der Waals surface area (Å²) >= 11 is 0. The molecule has 176 valence electrons. The zero-order chi connectivity index (χ0) is 23.5. The van der Waals surface area contributed by atoms with Crippen LogP contribution in [-0.2, 0) is 19.4 Å². The number of fused-ring (bicyclic) bond motifs is 1. The van der Waals surface area contributed by atoms with Gasteiger partial charge in [-0.3, -0.25) is 14.7 Å². The minimum absolute atomic E-state index is 0.0358. The van der Waals surface area contributed by atoms with Crippen LogP contribution in [0.25, 0.3) is 0 Å². The zero-order valence-corrected chi connectivity index (χ0v) is 19.5. The highest BCUT2D eigenvalue weighted by atomic mass is 16.5. The van der Waals surface area contributed by atoms with Crippen molar-refractivity contribution < 1.29 is 14.3 Å². The van der Waals surface area contributed by atoms with E-state index in [9.17, 15) is 9.59 Å². The normalized spacial score (nSPS) is 16.3. The molecule has 2 amide bonds. The van der Waals surface area contributed by atoms with E-state index in [-0.39, 0.29) is 11.8 Å². The number of piperidine rings is 1. The van der Waals surface area contributed by atoms with E-state index < -0.39 is 0 Å². The Hall–Kier alpha value is -3.61. The Balaban J connectivity index is 1.24. The smallest absolute Gasteiger partial charge is 0.274 e. The van der Waals surface area contributed by atoms with Crippen molar-refractivity contribution in [3.8, 4) is 5.75 Å². The fourth-order valence-corrected chi connectivity index (χ4v) is 5.02. The van der Waals surface area contributed by atoms with E-state index in [1.807, 2.05) is 23.1 Å². The third kappa shape index (κ3) is 4.55. The number of hydrogen-bond donors (Lipinski definition) is 1. The molecule has 0 aliphatic carbocycles. The molecule has 5 rings (SSSR count). The number of likely N-dealkylation sites (tertiary alicyclic amines) is 1. The van der Waals surface area contributed by atoms with Gasteiger partial charge < -0.3 is 14.5 Å². The predicted octanol–water partition coefficient (Wildman–Crippen LogP) is 3.71. The van der Waals surface area contributed by atoms with E-state index in [1.165, 1.54) is 5.56 Å². The maximum Gasteiger partial charge on any atom is 0.274 e. The Morgan fingerprint density at radius 1 is 1.00 bits per heavy atom. The molecule has 3 heterocycles. The molecule has 7 nitrogen and oxygen atoms in total. The van der Waals surface area contributed by atoms with Crippen LogP contribution in [-0.4, -0.2) is 58.6 Å². The number of amides is 2. The first-order valence-electron chi connectivity index (χ1n) is 11.9. The Morgan fingerprint density at radius 3 is 2.56 bits per heavy atom. The lowest BCUT2D eigenvalue weighted by Crippen LogP contribution is -2.40. The molecule has 3 aromatic rings. The first kappa shape index (κ1) is 22.2. The fourth-order valence-electron chi connectivity index (χ4n) is 5.02. The van der Waals surface area contributed by atoms with Gasteiger partial charge in [-0.25, -0.2) is 0 Å². The first-order valence-corrected chi connectivity index (χ1v) is 11.9. The third-order valence-electron chi connectivity index (χ3n) is 7.01. The Morgan fingerprint density at radius 2 is 1.79 bits per heavy atom. The van der Waals surface area contributed by atoms with Gasteiger partial charge in [0.25, 0.3) is 11.8 Å². The number of aromatic amines is 1. The zero-order valence-electron chi connectivity index (χ0n) is 19.5. The number of rotatable bonds is 5. The van der Waals surface area contributed by atoms with Gasteiger partial charge in [-0.2, -0.15) is 5.10 Å². The lowest BCUT2D eigenvalue weighted by Gasteiger charge is -2.32. The summed E-state index contributed by atoms with van der Waals surface area (Å²) in [7, 11) is 1.59. The summed E-state index contributed by atoms with van der Waals surface area (Å²) in [6.45, 7) is 2.45. The van der Waals surface area contributed by atoms with Gasteiger partial charge in [0.05, 0.1) is 13.7 Å². The minimum Gasteiger partial charge on any atom is -0.497 e. The van der Waals surface area contributed by atoms with E-state index in [0.717, 1.165) is 43.6 Å². The van der Waals surface area contributed by atoms with Crippen LogP contribution in [0.15, 0.2) is 54.6 Å². The highest BCUT2D eigenvalue weighted by Gasteiger charge is 2.32. The number of nitrogens with zero attached hydrogens (tertiary/aromatic N) is 3. The van der Waals surface area contributed by atoms with Gasteiger partial charge in [-0.05, 0) is 48.9 Å². The second-order valence-electron chi connectivity index (χ2n) is 9.16. The number of carbonyl (C=O) groups excluding carboxylic acids is 2. The molecule has 34 heavy (non-hydrogen) atoms. The Bertz CT molecular complexity index is 1170. The van der Waals surface area contributed by atoms with E-state index >= 15 is 0 Å². The number of methoxy groups -OCH3 is 1. The van der Waals surface area contributed by atoms with E-state index in [2.05, 4.69) is 34.5 Å². The summed E-state index contributed by atoms with van der Waals surface area (Å²) in [4.78, 5) is 30.2. The number of hydrogen-bond acceptors (Lipinski definition) is 4. The molecule has 0 spiro atoms. The molecule has 1 fully saturated rings. The molecular weight excluding hydrogens is 428 g/mol. The van der Waals surface area contributed by atoms with Crippen molar-refractivity contribution in [3.63, 3.8) is 0 Å². The van der Waals surface area contributed by atoms with Crippen LogP contribution in [0.4, 0.5) is 0 Å². The van der Waals surface area contributed by atoms with Crippen molar-refractivity contribution in [2.24, 2.45) is 5.92 Å². The van der Waals surface area contributed by atoms with E-state index in [4.69, 9.17) is 4.74 Å². The standard InChI is InChI=1S/C27H30N4O3/c1-34-22-9-5-8-21(17-22)26(32)31-15-12-24-23(18-31)25(29-28-24)27(33)30-13-10-20(11-14-30)16-19-6-3-2-4-7-19/h2-9,17,20H,10-16,18H2,1H3,(H,28,29). The quantitative estimate of drug-likeness (QED) is 0.632. The Labute approximate surface area is 199 Å². The second-order valence-corrected chi connectivity index (χ2v) is 9.16. The van der Waals surface area contributed by atoms with E-state index in [0.29, 0.717) is 42.4 Å². The highest BCUT2D eigenvalue weighted by Crippen LogP contribution is 2.27. The highest BCUT2D eigenvalue weighted by molar-refractivity contribution is 5.96. The summed E-state index contributed by atoms with van der Waals surface area (Å²) in [5.41, 5.74) is 4.20. The molecule has 1 saturated heterocycles. The average Bonchev–Trinajstić information content (AvgIpc) is 3.32. The van der Waals surface area contributed by atoms with Crippen LogP contribution in [0.1, 0.15) is 50.5 Å². The van der Waals surface area contributed by atoms with Crippen LogP contribution in [0, 0.1) is 5.92 Å². The Kier molecular flexibility index (Phi) is 6.34. The summed E-state index contributed by atoms with van der Waals surface area (Å²) in [6, 6.07) is 17.7. The topological polar surface area (TPSA) is 78.5 Å². The van der Waals surface area contributed by atoms with Crippen LogP contribution in [0.2, 0.25) is 0 Å². The molecule has 2 aliphatic heterocycles. The molecule has 7 heteroatoms. The summed E-state index contributed by atoms with van der Waals surface area (Å²) in [6.07, 6.45) is 3.70. The molecule has 0 bridgehead atoms. The number of aromatic nitrogens is 2. The predicted molar refractivity (Wildman–Crippen MR) is 129 cm³/mol. The van der Waals surface area contributed by atoms with E-state index in [1.54, 1.807) is 24.1 Å². The fraction of sp³-hybridized carbons (Fsp3) is 0.370. The summed E-state index contributed by atoms with van der Waals surface area (Å²) < 4.78 is 5.26. The van der Waals surface area contributed by atoms with Crippen molar-refractivity contribution >= 4 is 11.8 Å². The third-order valence-corrected chi connectivity index (χ3v) is 7.01. The molecule has 1 N–H and O–H groups in total. The number of nitrogens with one attached hydrogen (secondary N) is 1. The number of benzene rings is 2. The van der Waals surface area contributed by atoms with Gasteiger partial charge >= 0.3 is 0 Å². The SMILES string of the molecule is COc1cccc(C(=O)N2CCc3[nH]nc(C(=O)N4CCC(Cc5ccccc5)CC4)c3C2)c1. The van der Waals surface area contributed by atoms with Crippen molar-refractivity contribution in [3.05, 3.63) is 82.7 Å². The summed E-state index contributed by atoms with van der Waals surface area (Å²) in [5.74, 6) is 1.14. The van der Waals surface area contributed by atoms with Crippen LogP contribution < -0.4 is 4.74 Å². The molecule has 0 saturated carbocycles. The van der Waals surface area contributed by atoms with Crippen molar-refractivity contribution in [2.45, 2.75) is 32.2 Å². The van der Waals surface area contributed by atoms with Gasteiger partial charge in [0.1, 0.15) is 5.75 Å². The molecule has 2 aliphatic rings. The van der Waals surface area contributed by atoms with Crippen LogP contribution >= 0.6 is 0 Å². The number of ether oxygens (including phenoxy) is 1. The van der Waals surface area contributed by atoms with Gasteiger partial charge in [0, 0.05) is 42.9 Å². The molecule has 0 radical (unpaired) electrons. The van der Waals surface area contributed by atoms with Crippen molar-refractivity contribution in [1.82, 2.24) is 20.0 Å². The first-order chi connectivity index (χ1) is 16.6. The van der Waals surface area contributed by atoms with Crippen molar-refractivity contribution in [1.29, 1.82) is 0 Å². The van der Waals surface area contributed by atoms with Crippen LogP contribution in [0.5, 0.6) is 5.75 Å². The van der Waals surface area contributed by atoms with Gasteiger partial charge in [0.15, 0.2) is 5.69 Å². The molecule has 1 aromatic heterocycles.